The number of hydrogen-bond acceptors (Lipinski definition) is 4. The van der Waals surface area contributed by atoms with Gasteiger partial charge in [0.1, 0.15) is 12.4 Å². The zero-order valence-electron chi connectivity index (χ0n) is 10.8. The molecule has 1 aliphatic heterocycles. The number of benzene rings is 1. The van der Waals surface area contributed by atoms with Gasteiger partial charge >= 0.3 is 0 Å². The predicted molar refractivity (Wildman–Crippen MR) is 83.6 cm³/mol. The van der Waals surface area contributed by atoms with Crippen LogP contribution in [0.3, 0.4) is 0 Å². The molecule has 0 spiro atoms. The predicted octanol–water partition coefficient (Wildman–Crippen LogP) is 3.59. The molecule has 0 radical (unpaired) electrons. The standard InChI is InChI=1S/C15H14BrNO2S/c16-12-5-8-20-15(12)13(18)10-17-6-7-19-14-4-2-1-3-11(14)9-17/h1-5,8H,6-7,9-10H2. The van der Waals surface area contributed by atoms with E-state index < -0.39 is 0 Å². The van der Waals surface area contributed by atoms with Crippen LogP contribution in [0.5, 0.6) is 5.75 Å². The largest absolute Gasteiger partial charge is 0.492 e. The maximum atomic E-state index is 12.3. The number of carbonyl (C=O) groups excluding carboxylic acids is 1. The molecule has 0 fully saturated rings. The summed E-state index contributed by atoms with van der Waals surface area (Å²) in [4.78, 5) is 15.3. The van der Waals surface area contributed by atoms with Gasteiger partial charge in [-0.2, -0.15) is 0 Å². The van der Waals surface area contributed by atoms with Gasteiger partial charge in [0.05, 0.1) is 11.4 Å². The molecule has 2 heterocycles. The number of para-hydroxylation sites is 1. The number of thiophene rings is 1. The third-order valence-corrected chi connectivity index (χ3v) is 5.15. The Kier molecular flexibility index (Phi) is 4.19. The van der Waals surface area contributed by atoms with Gasteiger partial charge in [0.2, 0.25) is 0 Å². The lowest BCUT2D eigenvalue weighted by Gasteiger charge is -2.17. The minimum Gasteiger partial charge on any atom is -0.492 e. The van der Waals surface area contributed by atoms with Crippen molar-refractivity contribution in [3.05, 3.63) is 50.6 Å². The molecule has 104 valence electrons. The first kappa shape index (κ1) is 13.8. The van der Waals surface area contributed by atoms with Crippen LogP contribution in [0.1, 0.15) is 15.2 Å². The first-order chi connectivity index (χ1) is 9.74. The number of ether oxygens (including phenoxy) is 1. The van der Waals surface area contributed by atoms with Crippen LogP contribution in [-0.4, -0.2) is 30.4 Å². The van der Waals surface area contributed by atoms with Crippen LogP contribution in [0.25, 0.3) is 0 Å². The molecule has 2 aromatic rings. The second kappa shape index (κ2) is 6.08. The SMILES string of the molecule is O=C(CN1CCOc2ccccc2C1)c1sccc1Br. The van der Waals surface area contributed by atoms with E-state index in [0.29, 0.717) is 13.2 Å². The molecule has 0 unspecified atom stereocenters. The number of carbonyl (C=O) groups is 1. The highest BCUT2D eigenvalue weighted by atomic mass is 79.9. The third kappa shape index (κ3) is 2.95. The van der Waals surface area contributed by atoms with Gasteiger partial charge in [-0.25, -0.2) is 0 Å². The Labute approximate surface area is 130 Å². The highest BCUT2D eigenvalue weighted by Gasteiger charge is 2.19. The van der Waals surface area contributed by atoms with Crippen molar-refractivity contribution in [2.24, 2.45) is 0 Å². The normalized spacial score (nSPS) is 15.2. The number of nitrogens with zero attached hydrogens (tertiary/aromatic N) is 1. The molecule has 0 N–H and O–H groups in total. The van der Waals surface area contributed by atoms with Crippen molar-refractivity contribution < 1.29 is 9.53 Å². The van der Waals surface area contributed by atoms with Crippen molar-refractivity contribution in [3.63, 3.8) is 0 Å². The topological polar surface area (TPSA) is 29.5 Å². The fourth-order valence-corrected chi connectivity index (χ4v) is 3.81. The van der Waals surface area contributed by atoms with Crippen molar-refractivity contribution >= 4 is 33.0 Å². The molecule has 0 bridgehead atoms. The summed E-state index contributed by atoms with van der Waals surface area (Å²) in [6.45, 7) is 2.57. The fourth-order valence-electron chi connectivity index (χ4n) is 2.28. The first-order valence-corrected chi connectivity index (χ1v) is 8.10. The molecule has 0 aliphatic carbocycles. The first-order valence-electron chi connectivity index (χ1n) is 6.43. The molecule has 5 heteroatoms. The molecule has 0 saturated carbocycles. The molecular formula is C15H14BrNO2S. The van der Waals surface area contributed by atoms with Gasteiger partial charge in [-0.3, -0.25) is 9.69 Å². The van der Waals surface area contributed by atoms with Gasteiger partial charge < -0.3 is 4.74 Å². The minimum absolute atomic E-state index is 0.159. The van der Waals surface area contributed by atoms with Gasteiger partial charge in [0.15, 0.2) is 5.78 Å². The molecular weight excluding hydrogens is 338 g/mol. The van der Waals surface area contributed by atoms with Crippen LogP contribution < -0.4 is 4.74 Å². The van der Waals surface area contributed by atoms with Crippen LogP contribution in [0, 0.1) is 0 Å². The molecule has 1 aliphatic rings. The number of halogens is 1. The molecule has 1 aromatic carbocycles. The molecule has 3 nitrogen and oxygen atoms in total. The summed E-state index contributed by atoms with van der Waals surface area (Å²) >= 11 is 4.90. The summed E-state index contributed by atoms with van der Waals surface area (Å²) < 4.78 is 6.60. The summed E-state index contributed by atoms with van der Waals surface area (Å²) in [7, 11) is 0. The lowest BCUT2D eigenvalue weighted by molar-refractivity contribution is 0.0924. The number of ketones is 1. The summed E-state index contributed by atoms with van der Waals surface area (Å²) in [5.41, 5.74) is 1.14. The Morgan fingerprint density at radius 2 is 2.20 bits per heavy atom. The van der Waals surface area contributed by atoms with E-state index in [1.807, 2.05) is 29.6 Å². The second-order valence-electron chi connectivity index (χ2n) is 4.69. The second-order valence-corrected chi connectivity index (χ2v) is 6.46. The summed E-state index contributed by atoms with van der Waals surface area (Å²) in [6.07, 6.45) is 0. The number of rotatable bonds is 3. The van der Waals surface area contributed by atoms with E-state index >= 15 is 0 Å². The van der Waals surface area contributed by atoms with E-state index in [0.717, 1.165) is 33.8 Å². The van der Waals surface area contributed by atoms with E-state index in [-0.39, 0.29) is 5.78 Å². The number of hydrogen-bond donors (Lipinski definition) is 0. The molecule has 0 saturated heterocycles. The third-order valence-electron chi connectivity index (χ3n) is 3.27. The Hall–Kier alpha value is -1.17. The Morgan fingerprint density at radius 1 is 1.35 bits per heavy atom. The van der Waals surface area contributed by atoms with Gasteiger partial charge in [0, 0.05) is 23.1 Å². The van der Waals surface area contributed by atoms with E-state index in [1.54, 1.807) is 0 Å². The molecule has 20 heavy (non-hydrogen) atoms. The highest BCUT2D eigenvalue weighted by Crippen LogP contribution is 2.25. The van der Waals surface area contributed by atoms with Crippen molar-refractivity contribution in [2.45, 2.75) is 6.54 Å². The van der Waals surface area contributed by atoms with Crippen LogP contribution in [-0.2, 0) is 6.54 Å². The smallest absolute Gasteiger partial charge is 0.187 e. The fraction of sp³-hybridized carbons (Fsp3) is 0.267. The van der Waals surface area contributed by atoms with Crippen LogP contribution in [0.15, 0.2) is 40.2 Å². The van der Waals surface area contributed by atoms with Gasteiger partial charge in [-0.15, -0.1) is 11.3 Å². The average Bonchev–Trinajstić information content (AvgIpc) is 2.76. The lowest BCUT2D eigenvalue weighted by Crippen LogP contribution is -2.31. The number of fused-ring (bicyclic) bond motifs is 1. The van der Waals surface area contributed by atoms with Crippen LogP contribution in [0.2, 0.25) is 0 Å². The quantitative estimate of drug-likeness (QED) is 0.791. The van der Waals surface area contributed by atoms with Crippen LogP contribution >= 0.6 is 27.3 Å². The van der Waals surface area contributed by atoms with Gasteiger partial charge in [-0.05, 0) is 33.4 Å². The lowest BCUT2D eigenvalue weighted by atomic mass is 10.2. The number of Topliss-reactive ketones (excluding diaryl/α,β-unsaturated/α-hetero) is 1. The van der Waals surface area contributed by atoms with E-state index in [9.17, 15) is 4.79 Å². The maximum Gasteiger partial charge on any atom is 0.187 e. The van der Waals surface area contributed by atoms with E-state index in [2.05, 4.69) is 26.9 Å². The van der Waals surface area contributed by atoms with Crippen molar-refractivity contribution in [3.8, 4) is 5.75 Å². The molecule has 0 amide bonds. The van der Waals surface area contributed by atoms with Crippen molar-refractivity contribution in [2.75, 3.05) is 19.7 Å². The van der Waals surface area contributed by atoms with Crippen LogP contribution in [0.4, 0.5) is 0 Å². The molecule has 3 rings (SSSR count). The molecule has 0 atom stereocenters. The highest BCUT2D eigenvalue weighted by molar-refractivity contribution is 9.10. The Morgan fingerprint density at radius 3 is 3.00 bits per heavy atom. The minimum atomic E-state index is 0.159. The monoisotopic (exact) mass is 351 g/mol. The summed E-state index contributed by atoms with van der Waals surface area (Å²) in [6, 6.07) is 9.93. The van der Waals surface area contributed by atoms with Crippen molar-refractivity contribution in [1.29, 1.82) is 0 Å². The Bertz CT molecular complexity index is 626. The maximum absolute atomic E-state index is 12.3. The zero-order chi connectivity index (χ0) is 13.9. The van der Waals surface area contributed by atoms with E-state index in [4.69, 9.17) is 4.74 Å². The average molecular weight is 352 g/mol. The van der Waals surface area contributed by atoms with E-state index in [1.165, 1.54) is 11.3 Å². The van der Waals surface area contributed by atoms with Gasteiger partial charge in [-0.1, -0.05) is 18.2 Å². The Balaban J connectivity index is 1.73. The van der Waals surface area contributed by atoms with Gasteiger partial charge in [0.25, 0.3) is 0 Å². The molecule has 1 aromatic heterocycles. The zero-order valence-corrected chi connectivity index (χ0v) is 13.2. The van der Waals surface area contributed by atoms with Crippen molar-refractivity contribution in [1.82, 2.24) is 4.90 Å². The summed E-state index contributed by atoms with van der Waals surface area (Å²) in [5.74, 6) is 1.09. The summed E-state index contributed by atoms with van der Waals surface area (Å²) in [5, 5.41) is 1.93.